The predicted molar refractivity (Wildman–Crippen MR) is 92.9 cm³/mol. The first-order valence-corrected chi connectivity index (χ1v) is 8.66. The molecule has 1 aliphatic heterocycles. The number of alkyl halides is 3. The van der Waals surface area contributed by atoms with Crippen LogP contribution in [0, 0.1) is 5.92 Å². The molecule has 1 aromatic heterocycles. The maximum atomic E-state index is 13.7. The molecule has 1 aliphatic rings. The van der Waals surface area contributed by atoms with Gasteiger partial charge in [-0.25, -0.2) is 0 Å². The molecule has 0 saturated carbocycles. The van der Waals surface area contributed by atoms with Crippen LogP contribution >= 0.6 is 23.6 Å². The van der Waals surface area contributed by atoms with Gasteiger partial charge in [-0.05, 0) is 41.4 Å². The Morgan fingerprint density at radius 2 is 1.88 bits per heavy atom. The van der Waals surface area contributed by atoms with Gasteiger partial charge in [0, 0.05) is 0 Å². The van der Waals surface area contributed by atoms with Crippen LogP contribution in [0.4, 0.5) is 13.2 Å². The zero-order chi connectivity index (χ0) is 19.1. The van der Waals surface area contributed by atoms with E-state index < -0.39 is 34.8 Å². The number of nitrogens with one attached hydrogen (secondary N) is 2. The summed E-state index contributed by atoms with van der Waals surface area (Å²) < 4.78 is 41.1. The quantitative estimate of drug-likeness (QED) is 0.467. The predicted octanol–water partition coefficient (Wildman–Crippen LogP) is 2.72. The maximum absolute atomic E-state index is 13.7. The fourth-order valence-electron chi connectivity index (χ4n) is 2.87. The maximum Gasteiger partial charge on any atom is 0.437 e. The van der Waals surface area contributed by atoms with Crippen LogP contribution < -0.4 is 10.6 Å². The molecule has 2 heterocycles. The zero-order valence-corrected chi connectivity index (χ0v) is 14.6. The van der Waals surface area contributed by atoms with Crippen molar-refractivity contribution < 1.29 is 28.2 Å². The number of hydrogen-bond donors (Lipinski definition) is 4. The van der Waals surface area contributed by atoms with Gasteiger partial charge in [0.2, 0.25) is 5.72 Å². The van der Waals surface area contributed by atoms with Crippen molar-refractivity contribution in [2.75, 3.05) is 0 Å². The van der Waals surface area contributed by atoms with Gasteiger partial charge >= 0.3 is 6.18 Å². The first-order valence-electron chi connectivity index (χ1n) is 7.38. The van der Waals surface area contributed by atoms with E-state index in [1.54, 1.807) is 5.38 Å². The van der Waals surface area contributed by atoms with E-state index in [4.69, 9.17) is 12.2 Å². The number of ketones is 1. The van der Waals surface area contributed by atoms with Crippen molar-refractivity contribution in [2.24, 2.45) is 5.92 Å². The lowest BCUT2D eigenvalue weighted by Crippen LogP contribution is -2.72. The number of halogens is 3. The van der Waals surface area contributed by atoms with Gasteiger partial charge in [0.1, 0.15) is 11.7 Å². The minimum absolute atomic E-state index is 0.0814. The van der Waals surface area contributed by atoms with Crippen LogP contribution in [0.5, 0.6) is 5.75 Å². The monoisotopic (exact) mass is 402 g/mol. The van der Waals surface area contributed by atoms with Crippen LogP contribution in [0.15, 0.2) is 41.8 Å². The van der Waals surface area contributed by atoms with Gasteiger partial charge in [-0.1, -0.05) is 18.2 Å². The van der Waals surface area contributed by atoms with E-state index in [-0.39, 0.29) is 16.2 Å². The number of carbonyl (C=O) groups is 1. The Balaban J connectivity index is 2.14. The van der Waals surface area contributed by atoms with Crippen molar-refractivity contribution in [1.29, 1.82) is 0 Å². The number of Topliss-reactive ketones (excluding diaryl/α,β-unsaturated/α-hetero) is 1. The zero-order valence-electron chi connectivity index (χ0n) is 12.9. The van der Waals surface area contributed by atoms with Crippen LogP contribution in [0.3, 0.4) is 0 Å². The average molecular weight is 402 g/mol. The lowest BCUT2D eigenvalue weighted by atomic mass is 9.79. The Labute approximate surface area is 155 Å². The van der Waals surface area contributed by atoms with E-state index in [1.807, 2.05) is 5.32 Å². The SMILES string of the molecule is O=C(c1cccs1)[C@H]1[C@@H](c2ccc(O)cc2)NC(=S)N[C@]1(O)C(F)(F)F. The van der Waals surface area contributed by atoms with Crippen molar-refractivity contribution in [2.45, 2.75) is 17.9 Å². The topological polar surface area (TPSA) is 81.6 Å². The first kappa shape index (κ1) is 18.6. The lowest BCUT2D eigenvalue weighted by Gasteiger charge is -2.46. The molecule has 1 fully saturated rings. The van der Waals surface area contributed by atoms with Gasteiger partial charge in [0.25, 0.3) is 0 Å². The van der Waals surface area contributed by atoms with Crippen molar-refractivity contribution in [3.05, 3.63) is 52.2 Å². The van der Waals surface area contributed by atoms with Gasteiger partial charge in [-0.3, -0.25) is 4.79 Å². The Kier molecular flexibility index (Phi) is 4.67. The average Bonchev–Trinajstić information content (AvgIpc) is 3.08. The molecule has 10 heteroatoms. The van der Waals surface area contributed by atoms with E-state index >= 15 is 0 Å². The molecule has 0 spiro atoms. The number of thiocarbonyl (C=S) groups is 1. The molecule has 0 radical (unpaired) electrons. The van der Waals surface area contributed by atoms with Gasteiger partial charge in [-0.15, -0.1) is 11.3 Å². The van der Waals surface area contributed by atoms with E-state index in [1.165, 1.54) is 36.4 Å². The van der Waals surface area contributed by atoms with E-state index in [0.717, 1.165) is 11.3 Å². The van der Waals surface area contributed by atoms with Gasteiger partial charge in [0.05, 0.1) is 10.9 Å². The van der Waals surface area contributed by atoms with Crippen LogP contribution in [-0.4, -0.2) is 33.0 Å². The highest BCUT2D eigenvalue weighted by molar-refractivity contribution is 7.80. The van der Waals surface area contributed by atoms with Crippen LogP contribution in [0.2, 0.25) is 0 Å². The Morgan fingerprint density at radius 1 is 1.23 bits per heavy atom. The molecule has 0 amide bonds. The molecule has 3 atom stereocenters. The minimum atomic E-state index is -5.16. The number of aromatic hydroxyl groups is 1. The Hall–Kier alpha value is -2.17. The number of rotatable bonds is 3. The lowest BCUT2D eigenvalue weighted by molar-refractivity contribution is -0.285. The molecule has 26 heavy (non-hydrogen) atoms. The van der Waals surface area contributed by atoms with Gasteiger partial charge in [0.15, 0.2) is 10.9 Å². The summed E-state index contributed by atoms with van der Waals surface area (Å²) in [7, 11) is 0. The van der Waals surface area contributed by atoms with E-state index in [2.05, 4.69) is 5.32 Å². The standard InChI is InChI=1S/C16H13F3N2O3S2/c17-16(18,19)15(24)11(13(23)10-2-1-7-26-10)12(20-14(25)21-15)8-3-5-9(22)6-4-8/h1-7,11-12,22,24H,(H2,20,21,25)/t11-,12-,15-/m1/s1. The molecule has 138 valence electrons. The molecular formula is C16H13F3N2O3S2. The summed E-state index contributed by atoms with van der Waals surface area (Å²) in [5.41, 5.74) is -3.27. The molecule has 4 N–H and O–H groups in total. The molecule has 0 unspecified atom stereocenters. The van der Waals surface area contributed by atoms with E-state index in [9.17, 15) is 28.2 Å². The molecule has 1 aromatic carbocycles. The summed E-state index contributed by atoms with van der Waals surface area (Å²) >= 11 is 5.81. The molecule has 0 bridgehead atoms. The second kappa shape index (κ2) is 6.53. The molecule has 0 aliphatic carbocycles. The highest BCUT2D eigenvalue weighted by atomic mass is 32.1. The number of benzene rings is 1. The third-order valence-electron chi connectivity index (χ3n) is 4.10. The van der Waals surface area contributed by atoms with Crippen molar-refractivity contribution in [3.63, 3.8) is 0 Å². The second-order valence-electron chi connectivity index (χ2n) is 5.75. The first-order chi connectivity index (χ1) is 12.1. The number of thiophene rings is 1. The largest absolute Gasteiger partial charge is 0.508 e. The molecule has 1 saturated heterocycles. The highest BCUT2D eigenvalue weighted by Crippen LogP contribution is 2.44. The number of hydrogen-bond acceptors (Lipinski definition) is 5. The summed E-state index contributed by atoms with van der Waals surface area (Å²) in [5.74, 6) is -2.89. The van der Waals surface area contributed by atoms with Crippen molar-refractivity contribution >= 4 is 34.5 Å². The fraction of sp³-hybridized carbons (Fsp3) is 0.250. The third-order valence-corrected chi connectivity index (χ3v) is 5.21. The van der Waals surface area contributed by atoms with Crippen LogP contribution in [-0.2, 0) is 0 Å². The number of phenolic OH excluding ortho intramolecular Hbond substituents is 1. The fourth-order valence-corrected chi connectivity index (χ4v) is 3.86. The normalized spacial score (nSPS) is 26.1. The van der Waals surface area contributed by atoms with Crippen LogP contribution in [0.25, 0.3) is 0 Å². The summed E-state index contributed by atoms with van der Waals surface area (Å²) in [6.07, 6.45) is -5.16. The highest BCUT2D eigenvalue weighted by Gasteiger charge is 2.65. The number of aliphatic hydroxyl groups is 1. The molecular weight excluding hydrogens is 389 g/mol. The third kappa shape index (κ3) is 3.15. The smallest absolute Gasteiger partial charge is 0.437 e. The Bertz CT molecular complexity index is 824. The second-order valence-corrected chi connectivity index (χ2v) is 7.11. The van der Waals surface area contributed by atoms with Gasteiger partial charge in [-0.2, -0.15) is 13.2 Å². The summed E-state index contributed by atoms with van der Waals surface area (Å²) in [5, 5.41) is 25.5. The van der Waals surface area contributed by atoms with Crippen molar-refractivity contribution in [3.8, 4) is 5.75 Å². The molecule has 5 nitrogen and oxygen atoms in total. The van der Waals surface area contributed by atoms with Crippen LogP contribution in [0.1, 0.15) is 21.3 Å². The number of carbonyl (C=O) groups excluding carboxylic acids is 1. The summed E-state index contributed by atoms with van der Waals surface area (Å²) in [6, 6.07) is 6.98. The Morgan fingerprint density at radius 3 is 2.42 bits per heavy atom. The number of phenols is 1. The molecule has 3 rings (SSSR count). The minimum Gasteiger partial charge on any atom is -0.508 e. The van der Waals surface area contributed by atoms with E-state index in [0.29, 0.717) is 0 Å². The van der Waals surface area contributed by atoms with Crippen molar-refractivity contribution in [1.82, 2.24) is 10.6 Å². The summed E-state index contributed by atoms with van der Waals surface area (Å²) in [6.45, 7) is 0. The molecule has 2 aromatic rings. The summed E-state index contributed by atoms with van der Waals surface area (Å²) in [4.78, 5) is 12.9. The van der Waals surface area contributed by atoms with Gasteiger partial charge < -0.3 is 20.8 Å².